The van der Waals surface area contributed by atoms with Gasteiger partial charge in [0, 0.05) is 25.2 Å². The third kappa shape index (κ3) is 1.31. The molecule has 82 valence electrons. The van der Waals surface area contributed by atoms with Gasteiger partial charge in [-0.2, -0.15) is 0 Å². The Morgan fingerprint density at radius 1 is 1.00 bits per heavy atom. The van der Waals surface area contributed by atoms with Gasteiger partial charge in [0.2, 0.25) is 11.6 Å². The summed E-state index contributed by atoms with van der Waals surface area (Å²) >= 11 is 0. The number of hydrogen-bond acceptors (Lipinski definition) is 4. The highest BCUT2D eigenvalue weighted by Crippen LogP contribution is 2.24. The van der Waals surface area contributed by atoms with E-state index in [0.717, 1.165) is 0 Å². The molecule has 0 atom stereocenters. The number of rotatable bonds is 1. The van der Waals surface area contributed by atoms with Gasteiger partial charge < -0.3 is 10.6 Å². The summed E-state index contributed by atoms with van der Waals surface area (Å²) in [5, 5.41) is 0. The van der Waals surface area contributed by atoms with Crippen LogP contribution in [0.1, 0.15) is 20.7 Å². The van der Waals surface area contributed by atoms with E-state index in [1.54, 1.807) is 43.3 Å². The second kappa shape index (κ2) is 3.48. The quantitative estimate of drug-likeness (QED) is 0.754. The summed E-state index contributed by atoms with van der Waals surface area (Å²) in [6.45, 7) is 0. The number of ketones is 2. The molecule has 0 amide bonds. The molecule has 1 aliphatic rings. The summed E-state index contributed by atoms with van der Waals surface area (Å²) in [6, 6.07) is 6.72. The molecule has 2 rings (SSSR count). The number of benzene rings is 1. The molecule has 1 aliphatic carbocycles. The van der Waals surface area contributed by atoms with Crippen molar-refractivity contribution in [1.82, 2.24) is 4.90 Å². The first kappa shape index (κ1) is 10.4. The highest BCUT2D eigenvalue weighted by atomic mass is 16.1. The maximum Gasteiger partial charge on any atom is 0.212 e. The largest absolute Gasteiger partial charge is 0.394 e. The summed E-state index contributed by atoms with van der Waals surface area (Å²) in [7, 11) is 3.39. The van der Waals surface area contributed by atoms with E-state index in [2.05, 4.69) is 0 Å². The molecule has 0 bridgehead atoms. The van der Waals surface area contributed by atoms with Crippen molar-refractivity contribution in [3.8, 4) is 0 Å². The molecule has 4 heteroatoms. The maximum absolute atomic E-state index is 12.1. The Balaban J connectivity index is 2.68. The van der Waals surface area contributed by atoms with Crippen LogP contribution in [0.4, 0.5) is 0 Å². The van der Waals surface area contributed by atoms with E-state index in [-0.39, 0.29) is 23.0 Å². The van der Waals surface area contributed by atoms with Crippen molar-refractivity contribution < 1.29 is 9.59 Å². The minimum atomic E-state index is -0.279. The summed E-state index contributed by atoms with van der Waals surface area (Å²) in [5.74, 6) is -0.475. The topological polar surface area (TPSA) is 63.4 Å². The fourth-order valence-electron chi connectivity index (χ4n) is 1.83. The Hall–Kier alpha value is -2.10. The first-order chi connectivity index (χ1) is 7.54. The standard InChI is InChI=1S/C12H12N2O2/c1-14(2)10-9(13)11(15)7-5-3-4-6-8(7)12(10)16/h3-6H,13H2,1-2H3. The zero-order valence-corrected chi connectivity index (χ0v) is 9.15. The number of hydrogen-bond donors (Lipinski definition) is 1. The van der Waals surface area contributed by atoms with Crippen LogP contribution in [0.25, 0.3) is 0 Å². The van der Waals surface area contributed by atoms with Crippen LogP contribution in [-0.4, -0.2) is 30.6 Å². The molecular formula is C12H12N2O2. The summed E-state index contributed by atoms with van der Waals surface area (Å²) in [6.07, 6.45) is 0. The van der Waals surface area contributed by atoms with E-state index in [1.807, 2.05) is 0 Å². The van der Waals surface area contributed by atoms with E-state index >= 15 is 0 Å². The van der Waals surface area contributed by atoms with Crippen LogP contribution < -0.4 is 5.73 Å². The number of likely N-dealkylation sites (N-methyl/N-ethyl adjacent to an activating group) is 1. The van der Waals surface area contributed by atoms with Crippen LogP contribution in [0.15, 0.2) is 35.7 Å². The van der Waals surface area contributed by atoms with Gasteiger partial charge in [-0.3, -0.25) is 9.59 Å². The molecule has 16 heavy (non-hydrogen) atoms. The van der Waals surface area contributed by atoms with Crippen LogP contribution in [0.2, 0.25) is 0 Å². The van der Waals surface area contributed by atoms with Gasteiger partial charge in [-0.1, -0.05) is 24.3 Å². The van der Waals surface area contributed by atoms with E-state index in [9.17, 15) is 9.59 Å². The predicted octanol–water partition coefficient (Wildman–Crippen LogP) is 0.798. The third-order valence-electron chi connectivity index (χ3n) is 2.58. The molecule has 0 aromatic heterocycles. The Bertz CT molecular complexity index is 516. The van der Waals surface area contributed by atoms with Crippen molar-refractivity contribution in [2.75, 3.05) is 14.1 Å². The Labute approximate surface area is 93.3 Å². The minimum Gasteiger partial charge on any atom is -0.394 e. The first-order valence-corrected chi connectivity index (χ1v) is 4.89. The second-order valence-electron chi connectivity index (χ2n) is 3.86. The average Bonchev–Trinajstić information content (AvgIpc) is 2.26. The van der Waals surface area contributed by atoms with E-state index < -0.39 is 0 Å². The second-order valence-corrected chi connectivity index (χ2v) is 3.86. The van der Waals surface area contributed by atoms with Crippen LogP contribution in [0.3, 0.4) is 0 Å². The smallest absolute Gasteiger partial charge is 0.212 e. The van der Waals surface area contributed by atoms with E-state index in [4.69, 9.17) is 5.73 Å². The van der Waals surface area contributed by atoms with Gasteiger partial charge >= 0.3 is 0 Å². The maximum atomic E-state index is 12.1. The fraction of sp³-hybridized carbons (Fsp3) is 0.167. The molecule has 0 aliphatic heterocycles. The number of allylic oxidation sites excluding steroid dienone is 2. The first-order valence-electron chi connectivity index (χ1n) is 4.89. The lowest BCUT2D eigenvalue weighted by molar-refractivity contribution is 0.0951. The molecule has 0 fully saturated rings. The molecule has 0 saturated carbocycles. The van der Waals surface area contributed by atoms with Gasteiger partial charge in [-0.25, -0.2) is 0 Å². The molecule has 0 saturated heterocycles. The normalized spacial score (nSPS) is 15.1. The lowest BCUT2D eigenvalue weighted by atomic mass is 9.90. The van der Waals surface area contributed by atoms with E-state index in [0.29, 0.717) is 11.1 Å². The van der Waals surface area contributed by atoms with Crippen LogP contribution in [-0.2, 0) is 0 Å². The van der Waals surface area contributed by atoms with Crippen molar-refractivity contribution in [3.63, 3.8) is 0 Å². The van der Waals surface area contributed by atoms with Gasteiger partial charge in [0.25, 0.3) is 0 Å². The number of carbonyl (C=O) groups excluding carboxylic acids is 2. The van der Waals surface area contributed by atoms with Crippen molar-refractivity contribution in [1.29, 1.82) is 0 Å². The molecule has 0 heterocycles. The number of carbonyl (C=O) groups is 2. The molecule has 0 spiro atoms. The van der Waals surface area contributed by atoms with Crippen molar-refractivity contribution in [3.05, 3.63) is 46.8 Å². The van der Waals surface area contributed by atoms with Crippen LogP contribution in [0.5, 0.6) is 0 Å². The van der Waals surface area contributed by atoms with Gasteiger partial charge in [0.05, 0.1) is 0 Å². The minimum absolute atomic E-state index is 0.0219. The number of Topliss-reactive ketones (excluding diaryl/α,β-unsaturated/α-hetero) is 2. The van der Waals surface area contributed by atoms with Crippen LogP contribution >= 0.6 is 0 Å². The fourth-order valence-corrected chi connectivity index (χ4v) is 1.83. The summed E-state index contributed by atoms with van der Waals surface area (Å²) < 4.78 is 0. The third-order valence-corrected chi connectivity index (χ3v) is 2.58. The molecule has 0 unspecified atom stereocenters. The van der Waals surface area contributed by atoms with Crippen molar-refractivity contribution in [2.45, 2.75) is 0 Å². The lowest BCUT2D eigenvalue weighted by Gasteiger charge is -2.23. The molecule has 2 N–H and O–H groups in total. The Morgan fingerprint density at radius 2 is 1.50 bits per heavy atom. The van der Waals surface area contributed by atoms with Gasteiger partial charge in [-0.15, -0.1) is 0 Å². The predicted molar refractivity (Wildman–Crippen MR) is 60.0 cm³/mol. The average molecular weight is 216 g/mol. The lowest BCUT2D eigenvalue weighted by Crippen LogP contribution is -2.32. The Kier molecular flexibility index (Phi) is 2.27. The van der Waals surface area contributed by atoms with E-state index in [1.165, 1.54) is 0 Å². The Morgan fingerprint density at radius 3 is 2.00 bits per heavy atom. The van der Waals surface area contributed by atoms with Gasteiger partial charge in [0.1, 0.15) is 11.4 Å². The highest BCUT2D eigenvalue weighted by Gasteiger charge is 2.31. The van der Waals surface area contributed by atoms with Crippen LogP contribution in [0, 0.1) is 0 Å². The monoisotopic (exact) mass is 216 g/mol. The number of nitrogens with zero attached hydrogens (tertiary/aromatic N) is 1. The zero-order chi connectivity index (χ0) is 11.9. The molecule has 0 radical (unpaired) electrons. The van der Waals surface area contributed by atoms with Crippen molar-refractivity contribution in [2.24, 2.45) is 5.73 Å². The van der Waals surface area contributed by atoms with Crippen molar-refractivity contribution >= 4 is 11.6 Å². The number of nitrogens with two attached hydrogens (primary N) is 1. The summed E-state index contributed by atoms with van der Waals surface area (Å²) in [5.41, 5.74) is 6.79. The zero-order valence-electron chi connectivity index (χ0n) is 9.15. The SMILES string of the molecule is CN(C)C1=C(N)C(=O)c2ccccc2C1=O. The number of fused-ring (bicyclic) bond motifs is 1. The molecule has 1 aromatic rings. The molecule has 1 aromatic carbocycles. The van der Waals surface area contributed by atoms with Gasteiger partial charge in [-0.05, 0) is 0 Å². The molecular weight excluding hydrogens is 204 g/mol. The highest BCUT2D eigenvalue weighted by molar-refractivity contribution is 6.26. The molecule has 4 nitrogen and oxygen atoms in total. The summed E-state index contributed by atoms with van der Waals surface area (Å²) in [4.78, 5) is 25.6. The van der Waals surface area contributed by atoms with Gasteiger partial charge in [0.15, 0.2) is 0 Å².